The van der Waals surface area contributed by atoms with Crippen LogP contribution in [0.15, 0.2) is 60.7 Å². The van der Waals surface area contributed by atoms with Crippen molar-refractivity contribution < 1.29 is 9.90 Å². The van der Waals surface area contributed by atoms with Gasteiger partial charge in [0.15, 0.2) is 0 Å². The van der Waals surface area contributed by atoms with E-state index in [1.807, 2.05) is 67.6 Å². The Morgan fingerprint density at radius 3 is 2.23 bits per heavy atom. The van der Waals surface area contributed by atoms with Crippen molar-refractivity contribution in [2.45, 2.75) is 6.92 Å². The molecule has 0 aliphatic rings. The lowest BCUT2D eigenvalue weighted by molar-refractivity contribution is -0.104. The molecule has 0 saturated heterocycles. The molecule has 0 aliphatic carbocycles. The number of carbonyl (C=O) groups excluding carboxylic acids is 1. The number of aldehydes is 1. The molecule has 108 valence electrons. The van der Waals surface area contributed by atoms with Crippen molar-refractivity contribution in [3.05, 3.63) is 71.8 Å². The summed E-state index contributed by atoms with van der Waals surface area (Å²) in [5.41, 5.74) is 3.74. The first kappa shape index (κ1) is 14.1. The molecule has 0 fully saturated rings. The van der Waals surface area contributed by atoms with Gasteiger partial charge < -0.3 is 5.11 Å². The quantitative estimate of drug-likeness (QED) is 0.558. The highest BCUT2D eigenvalue weighted by Crippen LogP contribution is 2.40. The van der Waals surface area contributed by atoms with Gasteiger partial charge in [-0.2, -0.15) is 0 Å². The van der Waals surface area contributed by atoms with E-state index in [-0.39, 0.29) is 5.75 Å². The third-order valence-corrected chi connectivity index (χ3v) is 3.88. The van der Waals surface area contributed by atoms with Crippen molar-refractivity contribution >= 4 is 23.1 Å². The molecular formula is C20H16O2. The normalized spacial score (nSPS) is 11.1. The summed E-state index contributed by atoms with van der Waals surface area (Å²) in [4.78, 5) is 10.8. The monoisotopic (exact) mass is 288 g/mol. The second kappa shape index (κ2) is 5.86. The minimum Gasteiger partial charge on any atom is -0.507 e. The maximum absolute atomic E-state index is 10.8. The van der Waals surface area contributed by atoms with Crippen molar-refractivity contribution in [3.8, 4) is 16.9 Å². The molecule has 3 aromatic rings. The fourth-order valence-electron chi connectivity index (χ4n) is 2.87. The van der Waals surface area contributed by atoms with E-state index in [1.54, 1.807) is 0 Å². The Kier molecular flexibility index (Phi) is 3.75. The Balaban J connectivity index is 2.46. The van der Waals surface area contributed by atoms with Crippen molar-refractivity contribution in [2.75, 3.05) is 0 Å². The average molecular weight is 288 g/mol. The van der Waals surface area contributed by atoms with Gasteiger partial charge >= 0.3 is 0 Å². The molecule has 0 saturated carbocycles. The van der Waals surface area contributed by atoms with Gasteiger partial charge in [-0.05, 0) is 40.6 Å². The molecule has 0 heterocycles. The maximum Gasteiger partial charge on any atom is 0.142 e. The number of aromatic hydroxyl groups is 1. The van der Waals surface area contributed by atoms with Gasteiger partial charge in [0.25, 0.3) is 0 Å². The summed E-state index contributed by atoms with van der Waals surface area (Å²) in [6, 6.07) is 17.6. The Bertz CT molecular complexity index is 862. The zero-order valence-corrected chi connectivity index (χ0v) is 12.3. The number of benzene rings is 3. The lowest BCUT2D eigenvalue weighted by Gasteiger charge is -2.16. The summed E-state index contributed by atoms with van der Waals surface area (Å²) < 4.78 is 0. The van der Waals surface area contributed by atoms with Crippen molar-refractivity contribution in [1.82, 2.24) is 0 Å². The van der Waals surface area contributed by atoms with Gasteiger partial charge in [0, 0.05) is 5.39 Å². The Hall–Kier alpha value is -2.87. The molecular weight excluding hydrogens is 272 g/mol. The predicted molar refractivity (Wildman–Crippen MR) is 90.9 cm³/mol. The van der Waals surface area contributed by atoms with Crippen LogP contribution in [0.5, 0.6) is 5.75 Å². The lowest BCUT2D eigenvalue weighted by Crippen LogP contribution is -1.92. The summed E-state index contributed by atoms with van der Waals surface area (Å²) in [6.45, 7) is 1.91. The fourth-order valence-corrected chi connectivity index (χ4v) is 2.87. The van der Waals surface area contributed by atoms with Crippen LogP contribution in [0.25, 0.3) is 28.0 Å². The van der Waals surface area contributed by atoms with Gasteiger partial charge in [0.1, 0.15) is 12.0 Å². The standard InChI is InChI=1S/C20H16O2/c1-14-19(15-8-3-2-4-9-15)17(12-7-13-21)16-10-5-6-11-18(16)20(14)22/h2-13,22H,1H3/b12-7+. The molecule has 1 N–H and O–H groups in total. The SMILES string of the molecule is Cc1c(-c2ccccc2)c(/C=C/C=O)c2ccccc2c1O. The minimum atomic E-state index is 0.290. The predicted octanol–water partition coefficient (Wildman–Crippen LogP) is 4.73. The second-order valence-electron chi connectivity index (χ2n) is 5.17. The van der Waals surface area contributed by atoms with Crippen LogP contribution in [-0.4, -0.2) is 11.4 Å². The largest absolute Gasteiger partial charge is 0.507 e. The Labute approximate surface area is 129 Å². The number of phenolic OH excluding ortho intramolecular Hbond substituents is 1. The first-order valence-corrected chi connectivity index (χ1v) is 7.15. The fraction of sp³-hybridized carbons (Fsp3) is 0.0500. The van der Waals surface area contributed by atoms with Crippen LogP contribution in [0.4, 0.5) is 0 Å². The van der Waals surface area contributed by atoms with Crippen molar-refractivity contribution in [1.29, 1.82) is 0 Å². The summed E-state index contributed by atoms with van der Waals surface area (Å²) in [7, 11) is 0. The van der Waals surface area contributed by atoms with E-state index in [4.69, 9.17) is 0 Å². The van der Waals surface area contributed by atoms with Crippen LogP contribution in [0.1, 0.15) is 11.1 Å². The van der Waals surface area contributed by atoms with Crippen molar-refractivity contribution in [2.24, 2.45) is 0 Å². The third-order valence-electron chi connectivity index (χ3n) is 3.88. The summed E-state index contributed by atoms with van der Waals surface area (Å²) in [5.74, 6) is 0.290. The second-order valence-corrected chi connectivity index (χ2v) is 5.17. The number of hydrogen-bond acceptors (Lipinski definition) is 2. The first-order chi connectivity index (χ1) is 10.7. The van der Waals surface area contributed by atoms with E-state index in [9.17, 15) is 9.90 Å². The number of phenols is 1. The topological polar surface area (TPSA) is 37.3 Å². The first-order valence-electron chi connectivity index (χ1n) is 7.15. The average Bonchev–Trinajstić information content (AvgIpc) is 2.57. The number of carbonyl (C=O) groups is 1. The van der Waals surface area contributed by atoms with Crippen LogP contribution in [0.2, 0.25) is 0 Å². The lowest BCUT2D eigenvalue weighted by atomic mass is 9.89. The van der Waals surface area contributed by atoms with Gasteiger partial charge in [-0.3, -0.25) is 4.79 Å². The highest BCUT2D eigenvalue weighted by Gasteiger charge is 2.15. The van der Waals surface area contributed by atoms with Gasteiger partial charge in [0.2, 0.25) is 0 Å². The molecule has 0 unspecified atom stereocenters. The van der Waals surface area contributed by atoms with E-state index < -0.39 is 0 Å². The molecule has 2 heteroatoms. The summed E-state index contributed by atoms with van der Waals surface area (Å²) in [5, 5.41) is 12.3. The van der Waals surface area contributed by atoms with E-state index >= 15 is 0 Å². The molecule has 0 aromatic heterocycles. The Morgan fingerprint density at radius 1 is 0.909 bits per heavy atom. The summed E-state index contributed by atoms with van der Waals surface area (Å²) in [6.07, 6.45) is 4.07. The van der Waals surface area contributed by atoms with Crippen LogP contribution in [0, 0.1) is 6.92 Å². The van der Waals surface area contributed by atoms with E-state index in [0.717, 1.165) is 39.3 Å². The smallest absolute Gasteiger partial charge is 0.142 e. The summed E-state index contributed by atoms with van der Waals surface area (Å²) >= 11 is 0. The molecule has 0 atom stereocenters. The molecule has 22 heavy (non-hydrogen) atoms. The van der Waals surface area contributed by atoms with E-state index in [2.05, 4.69) is 0 Å². The van der Waals surface area contributed by atoms with Gasteiger partial charge in [0.05, 0.1) is 0 Å². The molecule has 0 bridgehead atoms. The molecule has 0 radical (unpaired) electrons. The van der Waals surface area contributed by atoms with Crippen LogP contribution < -0.4 is 0 Å². The van der Waals surface area contributed by atoms with Gasteiger partial charge in [-0.1, -0.05) is 60.7 Å². The van der Waals surface area contributed by atoms with E-state index in [1.165, 1.54) is 6.08 Å². The van der Waals surface area contributed by atoms with E-state index in [0.29, 0.717) is 0 Å². The molecule has 0 amide bonds. The highest BCUT2D eigenvalue weighted by molar-refractivity contribution is 6.03. The van der Waals surface area contributed by atoms with Crippen LogP contribution in [0.3, 0.4) is 0 Å². The van der Waals surface area contributed by atoms with Gasteiger partial charge in [-0.25, -0.2) is 0 Å². The van der Waals surface area contributed by atoms with Crippen LogP contribution in [-0.2, 0) is 4.79 Å². The van der Waals surface area contributed by atoms with Crippen molar-refractivity contribution in [3.63, 3.8) is 0 Å². The number of allylic oxidation sites excluding steroid dienone is 1. The molecule has 2 nitrogen and oxygen atoms in total. The molecule has 0 spiro atoms. The number of hydrogen-bond donors (Lipinski definition) is 1. The molecule has 3 rings (SSSR count). The third kappa shape index (κ3) is 2.29. The zero-order chi connectivity index (χ0) is 15.5. The zero-order valence-electron chi connectivity index (χ0n) is 12.3. The minimum absolute atomic E-state index is 0.290. The van der Waals surface area contributed by atoms with Gasteiger partial charge in [-0.15, -0.1) is 0 Å². The Morgan fingerprint density at radius 2 is 1.55 bits per heavy atom. The van der Waals surface area contributed by atoms with Crippen LogP contribution >= 0.6 is 0 Å². The number of rotatable bonds is 3. The molecule has 0 aliphatic heterocycles. The molecule has 3 aromatic carbocycles. The number of fused-ring (bicyclic) bond motifs is 1. The highest BCUT2D eigenvalue weighted by atomic mass is 16.3. The maximum atomic E-state index is 10.8.